The molecule has 0 bridgehead atoms. The van der Waals surface area contributed by atoms with Crippen molar-refractivity contribution < 1.29 is 14.6 Å². The minimum atomic E-state index is -0.547. The zero-order valence-corrected chi connectivity index (χ0v) is 9.62. The predicted molar refractivity (Wildman–Crippen MR) is 60.0 cm³/mol. The first-order chi connectivity index (χ1) is 7.21. The lowest BCUT2D eigenvalue weighted by Crippen LogP contribution is -2.12. The molecule has 0 saturated carbocycles. The molecule has 0 heterocycles. The van der Waals surface area contributed by atoms with Crippen molar-refractivity contribution in [3.05, 3.63) is 23.8 Å². The van der Waals surface area contributed by atoms with Crippen LogP contribution in [-0.2, 0) is 6.42 Å². The number of benzene rings is 1. The molecule has 15 heavy (non-hydrogen) atoms. The van der Waals surface area contributed by atoms with Crippen LogP contribution in [-0.4, -0.2) is 31.3 Å². The number of methoxy groups -OCH3 is 2. The average molecular weight is 231 g/mol. The van der Waals surface area contributed by atoms with Crippen LogP contribution in [0.25, 0.3) is 0 Å². The van der Waals surface area contributed by atoms with Gasteiger partial charge >= 0.3 is 0 Å². The number of rotatable bonds is 5. The monoisotopic (exact) mass is 230 g/mol. The van der Waals surface area contributed by atoms with Crippen LogP contribution < -0.4 is 9.47 Å². The maximum absolute atomic E-state index is 9.44. The number of hydrogen-bond donors (Lipinski definition) is 1. The third-order valence-electron chi connectivity index (χ3n) is 2.13. The van der Waals surface area contributed by atoms with Gasteiger partial charge < -0.3 is 14.6 Å². The van der Waals surface area contributed by atoms with E-state index in [9.17, 15) is 5.11 Å². The summed E-state index contributed by atoms with van der Waals surface area (Å²) in [5.74, 6) is 1.66. The predicted octanol–water partition coefficient (Wildman–Crippen LogP) is 1.85. The molecule has 1 unspecified atom stereocenters. The van der Waals surface area contributed by atoms with E-state index < -0.39 is 6.10 Å². The van der Waals surface area contributed by atoms with Gasteiger partial charge in [0.1, 0.15) is 11.5 Å². The molecule has 3 nitrogen and oxygen atoms in total. The average Bonchev–Trinajstić information content (AvgIpc) is 2.29. The highest BCUT2D eigenvalue weighted by Crippen LogP contribution is 2.25. The highest BCUT2D eigenvalue weighted by molar-refractivity contribution is 6.18. The minimum absolute atomic E-state index is 0.217. The summed E-state index contributed by atoms with van der Waals surface area (Å²) < 4.78 is 10.3. The van der Waals surface area contributed by atoms with Crippen molar-refractivity contribution in [1.29, 1.82) is 0 Å². The molecule has 0 radical (unpaired) electrons. The lowest BCUT2D eigenvalue weighted by Gasteiger charge is -2.12. The van der Waals surface area contributed by atoms with Gasteiger partial charge in [0.2, 0.25) is 0 Å². The molecule has 0 saturated heterocycles. The summed E-state index contributed by atoms with van der Waals surface area (Å²) in [6, 6.07) is 5.49. The molecule has 0 amide bonds. The molecule has 84 valence electrons. The molecular formula is C11H15ClO3. The van der Waals surface area contributed by atoms with Crippen LogP contribution in [0.4, 0.5) is 0 Å². The summed E-state index contributed by atoms with van der Waals surface area (Å²) in [5, 5.41) is 9.44. The normalized spacial score (nSPS) is 12.3. The first-order valence-electron chi connectivity index (χ1n) is 4.66. The quantitative estimate of drug-likeness (QED) is 0.785. The molecule has 0 fully saturated rings. The Morgan fingerprint density at radius 3 is 2.60 bits per heavy atom. The van der Waals surface area contributed by atoms with E-state index in [1.165, 1.54) is 0 Å². The molecule has 1 aromatic carbocycles. The highest BCUT2D eigenvalue weighted by Gasteiger charge is 2.09. The van der Waals surface area contributed by atoms with Crippen LogP contribution in [0.3, 0.4) is 0 Å². The minimum Gasteiger partial charge on any atom is -0.497 e. The van der Waals surface area contributed by atoms with Gasteiger partial charge in [0.25, 0.3) is 0 Å². The fourth-order valence-electron chi connectivity index (χ4n) is 1.33. The summed E-state index contributed by atoms with van der Waals surface area (Å²) in [6.45, 7) is 0. The van der Waals surface area contributed by atoms with Gasteiger partial charge in [0.15, 0.2) is 0 Å². The molecular weight excluding hydrogens is 216 g/mol. The van der Waals surface area contributed by atoms with E-state index in [-0.39, 0.29) is 5.88 Å². The van der Waals surface area contributed by atoms with Crippen molar-refractivity contribution in [2.75, 3.05) is 20.1 Å². The first-order valence-corrected chi connectivity index (χ1v) is 5.19. The summed E-state index contributed by atoms with van der Waals surface area (Å²) in [5.41, 5.74) is 0.923. The van der Waals surface area contributed by atoms with Crippen molar-refractivity contribution in [2.24, 2.45) is 0 Å². The molecule has 0 spiro atoms. The Morgan fingerprint density at radius 2 is 2.07 bits per heavy atom. The highest BCUT2D eigenvalue weighted by atomic mass is 35.5. The van der Waals surface area contributed by atoms with E-state index in [0.29, 0.717) is 12.2 Å². The number of halogens is 1. The third-order valence-corrected chi connectivity index (χ3v) is 2.48. The first kappa shape index (κ1) is 12.1. The van der Waals surface area contributed by atoms with Gasteiger partial charge in [-0.05, 0) is 11.6 Å². The molecule has 1 atom stereocenters. The lowest BCUT2D eigenvalue weighted by atomic mass is 10.1. The van der Waals surface area contributed by atoms with Gasteiger partial charge in [-0.15, -0.1) is 11.6 Å². The maximum atomic E-state index is 9.44. The smallest absolute Gasteiger partial charge is 0.125 e. The third kappa shape index (κ3) is 3.29. The second-order valence-electron chi connectivity index (χ2n) is 3.19. The van der Waals surface area contributed by atoms with E-state index in [4.69, 9.17) is 21.1 Å². The van der Waals surface area contributed by atoms with Gasteiger partial charge in [-0.1, -0.05) is 6.07 Å². The van der Waals surface area contributed by atoms with E-state index >= 15 is 0 Å². The summed E-state index contributed by atoms with van der Waals surface area (Å²) >= 11 is 5.54. The fraction of sp³-hybridized carbons (Fsp3) is 0.455. The van der Waals surface area contributed by atoms with Gasteiger partial charge in [0.05, 0.1) is 20.3 Å². The summed E-state index contributed by atoms with van der Waals surface area (Å²) in [4.78, 5) is 0. The SMILES string of the molecule is COc1ccc(CC(O)CCl)c(OC)c1. The summed E-state index contributed by atoms with van der Waals surface area (Å²) in [7, 11) is 3.19. The van der Waals surface area contributed by atoms with E-state index in [1.807, 2.05) is 12.1 Å². The van der Waals surface area contributed by atoms with Crippen LogP contribution in [0.2, 0.25) is 0 Å². The van der Waals surface area contributed by atoms with Crippen LogP contribution in [0.15, 0.2) is 18.2 Å². The van der Waals surface area contributed by atoms with Crippen molar-refractivity contribution >= 4 is 11.6 Å². The number of ether oxygens (including phenoxy) is 2. The number of aliphatic hydroxyl groups excluding tert-OH is 1. The number of aliphatic hydroxyl groups is 1. The molecule has 4 heteroatoms. The van der Waals surface area contributed by atoms with E-state index in [2.05, 4.69) is 0 Å². The molecule has 1 aromatic rings. The van der Waals surface area contributed by atoms with Crippen molar-refractivity contribution in [1.82, 2.24) is 0 Å². The van der Waals surface area contributed by atoms with Gasteiger partial charge in [-0.25, -0.2) is 0 Å². The molecule has 0 aliphatic heterocycles. The summed E-state index contributed by atoms with van der Waals surface area (Å²) in [6.07, 6.45) is -0.0645. The maximum Gasteiger partial charge on any atom is 0.125 e. The van der Waals surface area contributed by atoms with Crippen LogP contribution >= 0.6 is 11.6 Å². The second kappa shape index (κ2) is 5.83. The number of alkyl halides is 1. The Kier molecular flexibility index (Phi) is 4.72. The Morgan fingerprint density at radius 1 is 1.33 bits per heavy atom. The zero-order chi connectivity index (χ0) is 11.3. The van der Waals surface area contributed by atoms with E-state index in [0.717, 1.165) is 11.3 Å². The molecule has 0 aliphatic carbocycles. The van der Waals surface area contributed by atoms with Crippen molar-refractivity contribution in [3.8, 4) is 11.5 Å². The zero-order valence-electron chi connectivity index (χ0n) is 8.87. The number of hydrogen-bond acceptors (Lipinski definition) is 3. The Hall–Kier alpha value is -0.930. The molecule has 1 rings (SSSR count). The topological polar surface area (TPSA) is 38.7 Å². The van der Waals surface area contributed by atoms with Crippen LogP contribution in [0.1, 0.15) is 5.56 Å². The van der Waals surface area contributed by atoms with Gasteiger partial charge in [-0.3, -0.25) is 0 Å². The largest absolute Gasteiger partial charge is 0.497 e. The van der Waals surface area contributed by atoms with Gasteiger partial charge in [-0.2, -0.15) is 0 Å². The van der Waals surface area contributed by atoms with Gasteiger partial charge in [0, 0.05) is 18.4 Å². The second-order valence-corrected chi connectivity index (χ2v) is 3.50. The van der Waals surface area contributed by atoms with Crippen molar-refractivity contribution in [2.45, 2.75) is 12.5 Å². The van der Waals surface area contributed by atoms with Crippen molar-refractivity contribution in [3.63, 3.8) is 0 Å². The van der Waals surface area contributed by atoms with Crippen LogP contribution in [0, 0.1) is 0 Å². The fourth-order valence-corrected chi connectivity index (χ4v) is 1.44. The molecule has 0 aromatic heterocycles. The lowest BCUT2D eigenvalue weighted by molar-refractivity contribution is 0.197. The Balaban J connectivity index is 2.87. The van der Waals surface area contributed by atoms with Crippen LogP contribution in [0.5, 0.6) is 11.5 Å². The molecule has 0 aliphatic rings. The van der Waals surface area contributed by atoms with E-state index in [1.54, 1.807) is 20.3 Å². The molecule has 1 N–H and O–H groups in total. The standard InChI is InChI=1S/C11H15ClO3/c1-14-10-4-3-8(5-9(13)7-12)11(6-10)15-2/h3-4,6,9,13H,5,7H2,1-2H3. The Bertz CT molecular complexity index is 315. The Labute approximate surface area is 94.6 Å².